The SMILES string of the molecule is C=C(CCC)NC1(CNc2nc(N3CCSc4ccccc4C3)nc3ccc(C)cc23)C[B]C1. The molecule has 3 heterocycles. The molecule has 0 spiro atoms. The molecule has 2 aliphatic heterocycles. The summed E-state index contributed by atoms with van der Waals surface area (Å²) in [6.07, 6.45) is 4.20. The van der Waals surface area contributed by atoms with Crippen LogP contribution in [0.2, 0.25) is 12.6 Å². The van der Waals surface area contributed by atoms with Gasteiger partial charge in [0.25, 0.3) is 0 Å². The summed E-state index contributed by atoms with van der Waals surface area (Å²) in [4.78, 5) is 13.8. The van der Waals surface area contributed by atoms with Gasteiger partial charge in [0.1, 0.15) is 13.1 Å². The number of nitrogens with one attached hydrogen (secondary N) is 2. The lowest BCUT2D eigenvalue weighted by Crippen LogP contribution is -2.57. The Kier molecular flexibility index (Phi) is 6.73. The fourth-order valence-corrected chi connectivity index (χ4v) is 5.80. The van der Waals surface area contributed by atoms with Crippen LogP contribution in [-0.2, 0) is 6.54 Å². The van der Waals surface area contributed by atoms with Gasteiger partial charge in [-0.2, -0.15) is 4.98 Å². The third-order valence-electron chi connectivity index (χ3n) is 6.73. The summed E-state index contributed by atoms with van der Waals surface area (Å²) in [5.41, 5.74) is 4.69. The normalized spacial score (nSPS) is 16.7. The van der Waals surface area contributed by atoms with Crippen molar-refractivity contribution in [3.63, 3.8) is 0 Å². The number of benzene rings is 2. The molecule has 0 aliphatic carbocycles. The molecule has 0 amide bonds. The van der Waals surface area contributed by atoms with Crippen LogP contribution in [0.5, 0.6) is 0 Å². The van der Waals surface area contributed by atoms with E-state index in [1.807, 2.05) is 11.8 Å². The van der Waals surface area contributed by atoms with E-state index in [1.165, 1.54) is 16.0 Å². The summed E-state index contributed by atoms with van der Waals surface area (Å²) in [7, 11) is 2.34. The van der Waals surface area contributed by atoms with Gasteiger partial charge < -0.3 is 15.5 Å². The van der Waals surface area contributed by atoms with Gasteiger partial charge in [0.05, 0.1) is 5.52 Å². The summed E-state index contributed by atoms with van der Waals surface area (Å²) < 4.78 is 0. The molecule has 1 radical (unpaired) electrons. The highest BCUT2D eigenvalue weighted by Crippen LogP contribution is 2.33. The van der Waals surface area contributed by atoms with Crippen LogP contribution in [0.15, 0.2) is 59.6 Å². The van der Waals surface area contributed by atoms with Crippen molar-refractivity contribution in [1.29, 1.82) is 0 Å². The lowest BCUT2D eigenvalue weighted by Gasteiger charge is -2.44. The van der Waals surface area contributed by atoms with Gasteiger partial charge in [-0.25, -0.2) is 4.98 Å². The molecule has 34 heavy (non-hydrogen) atoms. The van der Waals surface area contributed by atoms with Gasteiger partial charge in [0.15, 0.2) is 0 Å². The molecule has 0 bridgehead atoms. The largest absolute Gasteiger partial charge is 0.383 e. The van der Waals surface area contributed by atoms with Crippen LogP contribution < -0.4 is 15.5 Å². The molecule has 1 fully saturated rings. The molecule has 1 saturated heterocycles. The zero-order valence-electron chi connectivity index (χ0n) is 20.2. The lowest BCUT2D eigenvalue weighted by molar-refractivity contribution is 0.408. The van der Waals surface area contributed by atoms with E-state index in [4.69, 9.17) is 9.97 Å². The van der Waals surface area contributed by atoms with Crippen LogP contribution in [0.4, 0.5) is 11.8 Å². The van der Waals surface area contributed by atoms with E-state index in [0.29, 0.717) is 0 Å². The number of anilines is 2. The first kappa shape index (κ1) is 23.1. The number of aryl methyl sites for hydroxylation is 1. The number of fused-ring (bicyclic) bond motifs is 2. The summed E-state index contributed by atoms with van der Waals surface area (Å²) in [6, 6.07) is 15.1. The Morgan fingerprint density at radius 1 is 1.21 bits per heavy atom. The highest BCUT2D eigenvalue weighted by molar-refractivity contribution is 7.99. The Morgan fingerprint density at radius 3 is 2.85 bits per heavy atom. The Hall–Kier alpha value is -2.67. The molecule has 0 saturated carbocycles. The molecule has 5 nitrogen and oxygen atoms in total. The highest BCUT2D eigenvalue weighted by Gasteiger charge is 2.37. The van der Waals surface area contributed by atoms with Gasteiger partial charge in [-0.3, -0.25) is 0 Å². The molecule has 2 aromatic carbocycles. The number of thioether (sulfide) groups is 1. The van der Waals surface area contributed by atoms with Crippen molar-refractivity contribution in [2.75, 3.05) is 29.1 Å². The molecule has 7 heteroatoms. The third kappa shape index (κ3) is 4.90. The average molecular weight is 470 g/mol. The van der Waals surface area contributed by atoms with E-state index in [9.17, 15) is 0 Å². The topological polar surface area (TPSA) is 53.1 Å². The monoisotopic (exact) mass is 470 g/mol. The smallest absolute Gasteiger partial charge is 0.228 e. The second-order valence-corrected chi connectivity index (χ2v) is 10.7. The molecule has 1 aromatic heterocycles. The maximum absolute atomic E-state index is 5.09. The average Bonchev–Trinajstić information content (AvgIpc) is 3.03. The number of hydrogen-bond acceptors (Lipinski definition) is 6. The number of allylic oxidation sites excluding steroid dienone is 1. The summed E-state index contributed by atoms with van der Waals surface area (Å²) in [5.74, 6) is 2.74. The minimum atomic E-state index is 0.0195. The van der Waals surface area contributed by atoms with Gasteiger partial charge in [-0.1, -0.05) is 62.4 Å². The quantitative estimate of drug-likeness (QED) is 0.415. The van der Waals surface area contributed by atoms with Crippen molar-refractivity contribution in [3.05, 3.63) is 65.9 Å². The molecule has 3 aromatic rings. The standard InChI is InChI=1S/C27H33BN5S/c1-4-7-20(3)32-27(16-28-17-27)18-29-25-22-14-19(2)10-11-23(22)30-26(31-25)33-12-13-34-24-9-6-5-8-21(24)15-33/h5-6,8-11,14,32H,3-4,7,12-13,15-18H2,1-2H3,(H,29,30,31). The fourth-order valence-electron chi connectivity index (χ4n) is 4.78. The summed E-state index contributed by atoms with van der Waals surface area (Å²) in [5, 5.41) is 8.51. The molecule has 175 valence electrons. The number of rotatable bonds is 8. The molecular formula is C27H33BN5S. The van der Waals surface area contributed by atoms with Gasteiger partial charge in [-0.15, -0.1) is 11.8 Å². The van der Waals surface area contributed by atoms with Gasteiger partial charge in [-0.05, 0) is 37.1 Å². The Bertz CT molecular complexity index is 1190. The zero-order chi connectivity index (χ0) is 23.5. The second kappa shape index (κ2) is 9.91. The first-order chi connectivity index (χ1) is 16.5. The van der Waals surface area contributed by atoms with Crippen LogP contribution >= 0.6 is 11.8 Å². The van der Waals surface area contributed by atoms with Gasteiger partial charge in [0.2, 0.25) is 5.95 Å². The van der Waals surface area contributed by atoms with Gasteiger partial charge in [0, 0.05) is 46.9 Å². The molecule has 0 atom stereocenters. The van der Waals surface area contributed by atoms with Crippen molar-refractivity contribution in [2.45, 2.75) is 56.3 Å². The Labute approximate surface area is 208 Å². The first-order valence-electron chi connectivity index (χ1n) is 12.3. The Morgan fingerprint density at radius 2 is 2.06 bits per heavy atom. The molecule has 2 N–H and O–H groups in total. The van der Waals surface area contributed by atoms with Crippen LogP contribution in [-0.4, -0.2) is 41.6 Å². The predicted molar refractivity (Wildman–Crippen MR) is 146 cm³/mol. The lowest BCUT2D eigenvalue weighted by atomic mass is 9.46. The first-order valence-corrected chi connectivity index (χ1v) is 13.3. The van der Waals surface area contributed by atoms with E-state index >= 15 is 0 Å². The van der Waals surface area contributed by atoms with Crippen molar-refractivity contribution >= 4 is 41.7 Å². The van der Waals surface area contributed by atoms with Crippen molar-refractivity contribution in [1.82, 2.24) is 15.3 Å². The third-order valence-corrected chi connectivity index (χ3v) is 7.83. The number of aromatic nitrogens is 2. The zero-order valence-corrected chi connectivity index (χ0v) is 21.0. The van der Waals surface area contributed by atoms with Gasteiger partial charge >= 0.3 is 0 Å². The highest BCUT2D eigenvalue weighted by atomic mass is 32.2. The van der Waals surface area contributed by atoms with E-state index in [0.717, 1.165) is 79.2 Å². The van der Waals surface area contributed by atoms with E-state index < -0.39 is 0 Å². The molecule has 2 aliphatic rings. The maximum atomic E-state index is 5.09. The number of nitrogens with zero attached hydrogens (tertiary/aromatic N) is 3. The minimum Gasteiger partial charge on any atom is -0.383 e. The maximum Gasteiger partial charge on any atom is 0.228 e. The van der Waals surface area contributed by atoms with Crippen LogP contribution in [0, 0.1) is 6.92 Å². The van der Waals surface area contributed by atoms with Crippen LogP contribution in [0.25, 0.3) is 10.9 Å². The minimum absolute atomic E-state index is 0.0195. The second-order valence-electron chi connectivity index (χ2n) is 9.58. The van der Waals surface area contributed by atoms with E-state index in [1.54, 1.807) is 0 Å². The molecule has 5 rings (SSSR count). The van der Waals surface area contributed by atoms with Crippen LogP contribution in [0.3, 0.4) is 0 Å². The number of hydrogen-bond donors (Lipinski definition) is 2. The van der Waals surface area contributed by atoms with Crippen molar-refractivity contribution in [2.24, 2.45) is 0 Å². The molecular weight excluding hydrogens is 437 g/mol. The fraction of sp³-hybridized carbons (Fsp3) is 0.407. The van der Waals surface area contributed by atoms with E-state index in [-0.39, 0.29) is 5.54 Å². The molecule has 0 unspecified atom stereocenters. The van der Waals surface area contributed by atoms with Crippen molar-refractivity contribution < 1.29 is 0 Å². The van der Waals surface area contributed by atoms with Crippen molar-refractivity contribution in [3.8, 4) is 0 Å². The predicted octanol–water partition coefficient (Wildman–Crippen LogP) is 5.66. The summed E-state index contributed by atoms with van der Waals surface area (Å²) >= 11 is 1.92. The van der Waals surface area contributed by atoms with E-state index in [2.05, 4.69) is 85.7 Å². The Balaban J connectivity index is 1.44. The van der Waals surface area contributed by atoms with Crippen LogP contribution in [0.1, 0.15) is 30.9 Å². The summed E-state index contributed by atoms with van der Waals surface area (Å²) in [6.45, 7) is 11.1.